The van der Waals surface area contributed by atoms with Crippen LogP contribution < -0.4 is 20.1 Å². The second-order valence-corrected chi connectivity index (χ2v) is 5.71. The molecular formula is C18H29N3O3. The number of methoxy groups -OCH3 is 2. The van der Waals surface area contributed by atoms with Crippen LogP contribution in [0.3, 0.4) is 0 Å². The standard InChI is InChI=1S/C18H29N3O3/c1-4-19-18(21-13-16-6-5-11-24-16)20-10-9-14-12-15(22-2)7-8-17(14)23-3/h7-8,12,16H,4-6,9-11,13H2,1-3H3,(H2,19,20,21). The van der Waals surface area contributed by atoms with E-state index in [1.165, 1.54) is 0 Å². The highest BCUT2D eigenvalue weighted by atomic mass is 16.5. The molecule has 134 valence electrons. The summed E-state index contributed by atoms with van der Waals surface area (Å²) in [6.07, 6.45) is 3.33. The Hall–Kier alpha value is -1.95. The first kappa shape index (κ1) is 18.4. The second kappa shape index (κ2) is 10.0. The molecule has 1 fully saturated rings. The number of aliphatic imine (C=N–C) groups is 1. The second-order valence-electron chi connectivity index (χ2n) is 5.71. The molecule has 0 aromatic heterocycles. The van der Waals surface area contributed by atoms with Crippen molar-refractivity contribution in [3.8, 4) is 11.5 Å². The van der Waals surface area contributed by atoms with Gasteiger partial charge in [-0.2, -0.15) is 0 Å². The molecule has 1 atom stereocenters. The van der Waals surface area contributed by atoms with Gasteiger partial charge in [0.2, 0.25) is 0 Å². The summed E-state index contributed by atoms with van der Waals surface area (Å²) < 4.78 is 16.3. The van der Waals surface area contributed by atoms with Gasteiger partial charge in [0.15, 0.2) is 5.96 Å². The summed E-state index contributed by atoms with van der Waals surface area (Å²) in [5, 5.41) is 6.64. The number of nitrogens with zero attached hydrogens (tertiary/aromatic N) is 1. The van der Waals surface area contributed by atoms with Gasteiger partial charge < -0.3 is 24.8 Å². The summed E-state index contributed by atoms with van der Waals surface area (Å²) in [6, 6.07) is 5.85. The Bertz CT molecular complexity index is 528. The molecule has 2 rings (SSSR count). The lowest BCUT2D eigenvalue weighted by Crippen LogP contribution is -2.39. The molecule has 0 aliphatic carbocycles. The van der Waals surface area contributed by atoms with Gasteiger partial charge in [0.1, 0.15) is 11.5 Å². The Kier molecular flexibility index (Phi) is 7.68. The average Bonchev–Trinajstić information content (AvgIpc) is 3.13. The van der Waals surface area contributed by atoms with Crippen molar-refractivity contribution in [1.29, 1.82) is 0 Å². The number of ether oxygens (including phenoxy) is 3. The van der Waals surface area contributed by atoms with Crippen molar-refractivity contribution in [3.05, 3.63) is 23.8 Å². The lowest BCUT2D eigenvalue weighted by atomic mass is 10.1. The molecule has 0 bridgehead atoms. The monoisotopic (exact) mass is 335 g/mol. The molecule has 1 aromatic rings. The first-order valence-corrected chi connectivity index (χ1v) is 8.61. The van der Waals surface area contributed by atoms with Crippen molar-refractivity contribution in [2.75, 3.05) is 40.5 Å². The van der Waals surface area contributed by atoms with E-state index in [0.29, 0.717) is 6.54 Å². The molecule has 2 N–H and O–H groups in total. The van der Waals surface area contributed by atoms with Crippen LogP contribution in [-0.2, 0) is 11.2 Å². The zero-order chi connectivity index (χ0) is 17.2. The molecule has 1 aliphatic heterocycles. The minimum atomic E-state index is 0.263. The van der Waals surface area contributed by atoms with Crippen molar-refractivity contribution in [1.82, 2.24) is 10.6 Å². The highest BCUT2D eigenvalue weighted by Gasteiger charge is 2.14. The smallest absolute Gasteiger partial charge is 0.191 e. The highest BCUT2D eigenvalue weighted by molar-refractivity contribution is 5.79. The minimum absolute atomic E-state index is 0.263. The molecule has 1 unspecified atom stereocenters. The maximum Gasteiger partial charge on any atom is 0.191 e. The number of hydrogen-bond acceptors (Lipinski definition) is 4. The molecule has 6 nitrogen and oxygen atoms in total. The molecule has 0 radical (unpaired) electrons. The van der Waals surface area contributed by atoms with Gasteiger partial charge in [-0.25, -0.2) is 0 Å². The molecule has 0 amide bonds. The molecule has 24 heavy (non-hydrogen) atoms. The average molecular weight is 335 g/mol. The van der Waals surface area contributed by atoms with Crippen LogP contribution in [0.1, 0.15) is 25.3 Å². The fourth-order valence-electron chi connectivity index (χ4n) is 2.72. The van der Waals surface area contributed by atoms with Crippen LogP contribution >= 0.6 is 0 Å². The van der Waals surface area contributed by atoms with E-state index in [4.69, 9.17) is 14.2 Å². The minimum Gasteiger partial charge on any atom is -0.497 e. The lowest BCUT2D eigenvalue weighted by molar-refractivity contribution is 0.117. The van der Waals surface area contributed by atoms with Gasteiger partial charge in [-0.15, -0.1) is 0 Å². The Labute approximate surface area is 144 Å². The third-order valence-electron chi connectivity index (χ3n) is 4.00. The third-order valence-corrected chi connectivity index (χ3v) is 4.00. The summed E-state index contributed by atoms with van der Waals surface area (Å²) >= 11 is 0. The Morgan fingerprint density at radius 3 is 2.83 bits per heavy atom. The molecule has 6 heteroatoms. The van der Waals surface area contributed by atoms with Crippen molar-refractivity contribution < 1.29 is 14.2 Å². The van der Waals surface area contributed by atoms with Gasteiger partial charge in [0, 0.05) is 19.7 Å². The summed E-state index contributed by atoms with van der Waals surface area (Å²) in [4.78, 5) is 4.62. The zero-order valence-corrected chi connectivity index (χ0v) is 14.9. The van der Waals surface area contributed by atoms with Gasteiger partial charge in [-0.1, -0.05) is 0 Å². The van der Waals surface area contributed by atoms with Gasteiger partial charge in [0.25, 0.3) is 0 Å². The predicted molar refractivity (Wildman–Crippen MR) is 96.2 cm³/mol. The molecule has 0 saturated carbocycles. The third kappa shape index (κ3) is 5.60. The first-order chi connectivity index (χ1) is 11.8. The van der Waals surface area contributed by atoms with Crippen molar-refractivity contribution in [2.24, 2.45) is 4.99 Å². The highest BCUT2D eigenvalue weighted by Crippen LogP contribution is 2.24. The largest absolute Gasteiger partial charge is 0.497 e. The first-order valence-electron chi connectivity index (χ1n) is 8.61. The van der Waals surface area contributed by atoms with E-state index < -0.39 is 0 Å². The van der Waals surface area contributed by atoms with E-state index in [1.54, 1.807) is 14.2 Å². The number of benzene rings is 1. The van der Waals surface area contributed by atoms with Crippen molar-refractivity contribution in [3.63, 3.8) is 0 Å². The summed E-state index contributed by atoms with van der Waals surface area (Å²) in [5.74, 6) is 2.54. The van der Waals surface area contributed by atoms with Gasteiger partial charge in [-0.05, 0) is 49.9 Å². The Balaban J connectivity index is 1.88. The van der Waals surface area contributed by atoms with Crippen LogP contribution in [0.2, 0.25) is 0 Å². The summed E-state index contributed by atoms with van der Waals surface area (Å²) in [7, 11) is 3.36. The van der Waals surface area contributed by atoms with Crippen LogP contribution in [0.15, 0.2) is 23.2 Å². The van der Waals surface area contributed by atoms with Crippen LogP contribution in [0.4, 0.5) is 0 Å². The fourth-order valence-corrected chi connectivity index (χ4v) is 2.72. The maximum atomic E-state index is 5.62. The lowest BCUT2D eigenvalue weighted by Gasteiger charge is -2.14. The van der Waals surface area contributed by atoms with E-state index in [9.17, 15) is 0 Å². The zero-order valence-electron chi connectivity index (χ0n) is 14.9. The van der Waals surface area contributed by atoms with E-state index >= 15 is 0 Å². The topological polar surface area (TPSA) is 64.1 Å². The molecule has 1 heterocycles. The van der Waals surface area contributed by atoms with E-state index in [-0.39, 0.29) is 6.10 Å². The molecule has 1 saturated heterocycles. The number of nitrogens with one attached hydrogen (secondary N) is 2. The van der Waals surface area contributed by atoms with Crippen LogP contribution in [-0.4, -0.2) is 52.5 Å². The quantitative estimate of drug-likeness (QED) is 0.562. The summed E-state index contributed by atoms with van der Waals surface area (Å²) in [5.41, 5.74) is 1.11. The van der Waals surface area contributed by atoms with E-state index in [2.05, 4.69) is 22.5 Å². The van der Waals surface area contributed by atoms with Crippen LogP contribution in [0.5, 0.6) is 11.5 Å². The predicted octanol–water partition coefficient (Wildman–Crippen LogP) is 1.98. The van der Waals surface area contributed by atoms with E-state index in [1.807, 2.05) is 18.2 Å². The van der Waals surface area contributed by atoms with Crippen LogP contribution in [0, 0.1) is 0 Å². The molecular weight excluding hydrogens is 306 g/mol. The number of rotatable bonds is 8. The molecule has 1 aliphatic rings. The van der Waals surface area contributed by atoms with Gasteiger partial charge in [0.05, 0.1) is 26.9 Å². The summed E-state index contributed by atoms with van der Waals surface area (Å²) in [6.45, 7) is 5.23. The van der Waals surface area contributed by atoms with Gasteiger partial charge in [-0.3, -0.25) is 4.99 Å². The maximum absolute atomic E-state index is 5.62. The molecule has 1 aromatic carbocycles. The number of hydrogen-bond donors (Lipinski definition) is 2. The fraction of sp³-hybridized carbons (Fsp3) is 0.611. The normalized spacial score (nSPS) is 17.6. The van der Waals surface area contributed by atoms with Gasteiger partial charge >= 0.3 is 0 Å². The SMILES string of the molecule is CCNC(=NCC1CCCO1)NCCc1cc(OC)ccc1OC. The van der Waals surface area contributed by atoms with Crippen molar-refractivity contribution >= 4 is 5.96 Å². The Morgan fingerprint density at radius 1 is 1.29 bits per heavy atom. The Morgan fingerprint density at radius 2 is 2.17 bits per heavy atom. The van der Waals surface area contributed by atoms with Crippen LogP contribution in [0.25, 0.3) is 0 Å². The molecule has 0 spiro atoms. The van der Waals surface area contributed by atoms with Crippen molar-refractivity contribution in [2.45, 2.75) is 32.3 Å². The van der Waals surface area contributed by atoms with E-state index in [0.717, 1.165) is 62.0 Å². The number of guanidine groups is 1.